The number of aliphatic imine (C=N–C) groups is 1. The Kier molecular flexibility index (Phi) is 7.55. The Morgan fingerprint density at radius 3 is 2.54 bits per heavy atom. The summed E-state index contributed by atoms with van der Waals surface area (Å²) in [5, 5.41) is 2.66. The van der Waals surface area contributed by atoms with Gasteiger partial charge in [-0.15, -0.1) is 37.1 Å². The summed E-state index contributed by atoms with van der Waals surface area (Å²) in [5.41, 5.74) is 7.95. The van der Waals surface area contributed by atoms with E-state index in [-0.39, 0.29) is 41.4 Å². The Morgan fingerprint density at radius 1 is 1.11 bits per heavy atom. The Balaban J connectivity index is 0.00000280. The van der Waals surface area contributed by atoms with Gasteiger partial charge in [0.2, 0.25) is 0 Å². The molecular weight excluding hydrogens is 484 g/mol. The Hall–Kier alpha value is -2.43. The van der Waals surface area contributed by atoms with Gasteiger partial charge in [-0.2, -0.15) is 0 Å². The van der Waals surface area contributed by atoms with Crippen LogP contribution in [-0.2, 0) is 6.54 Å². The van der Waals surface area contributed by atoms with Crippen molar-refractivity contribution in [3.8, 4) is 5.75 Å². The molecule has 28 heavy (non-hydrogen) atoms. The quantitative estimate of drug-likeness (QED) is 0.273. The van der Waals surface area contributed by atoms with Gasteiger partial charge in [0.25, 0.3) is 0 Å². The van der Waals surface area contributed by atoms with E-state index in [1.165, 1.54) is 18.2 Å². The maximum atomic E-state index is 12.5. The molecule has 9 heteroatoms. The monoisotopic (exact) mass is 504 g/mol. The molecule has 0 radical (unpaired) electrons. The highest BCUT2D eigenvalue weighted by atomic mass is 127. The lowest BCUT2D eigenvalue weighted by atomic mass is 10.2. The summed E-state index contributed by atoms with van der Waals surface area (Å²) in [4.78, 5) is 6.42. The van der Waals surface area contributed by atoms with Crippen molar-refractivity contribution in [2.75, 3.05) is 23.3 Å². The third-order valence-electron chi connectivity index (χ3n) is 3.90. The maximum absolute atomic E-state index is 12.5. The molecule has 0 bridgehead atoms. The van der Waals surface area contributed by atoms with Crippen molar-refractivity contribution >= 4 is 41.3 Å². The van der Waals surface area contributed by atoms with E-state index in [2.05, 4.69) is 32.1 Å². The highest BCUT2D eigenvalue weighted by molar-refractivity contribution is 14.0. The number of alkyl halides is 3. The van der Waals surface area contributed by atoms with Crippen molar-refractivity contribution in [2.45, 2.75) is 12.9 Å². The van der Waals surface area contributed by atoms with E-state index in [1.807, 2.05) is 24.3 Å². The average Bonchev–Trinajstić information content (AvgIpc) is 3.15. The summed E-state index contributed by atoms with van der Waals surface area (Å²) in [6.07, 6.45) is -0.574. The van der Waals surface area contributed by atoms with Crippen molar-refractivity contribution in [2.24, 2.45) is 10.7 Å². The van der Waals surface area contributed by atoms with Crippen LogP contribution in [0.25, 0.3) is 0 Å². The number of nitrogens with one attached hydrogen (secondary N) is 1. The van der Waals surface area contributed by atoms with Crippen LogP contribution >= 0.6 is 24.0 Å². The second-order valence-electron chi connectivity index (χ2n) is 5.92. The van der Waals surface area contributed by atoms with Crippen LogP contribution in [0.2, 0.25) is 0 Å². The van der Waals surface area contributed by atoms with Gasteiger partial charge in [-0.25, -0.2) is 4.99 Å². The third kappa shape index (κ3) is 6.32. The second-order valence-corrected chi connectivity index (χ2v) is 5.92. The number of ether oxygens (including phenoxy) is 1. The number of benzene rings is 2. The molecule has 0 aromatic heterocycles. The summed E-state index contributed by atoms with van der Waals surface area (Å²) < 4.78 is 41.4. The zero-order valence-corrected chi connectivity index (χ0v) is 17.1. The molecule has 0 saturated heterocycles. The van der Waals surface area contributed by atoms with Crippen molar-refractivity contribution in [3.05, 3.63) is 66.2 Å². The lowest BCUT2D eigenvalue weighted by Gasteiger charge is -2.18. The summed E-state index contributed by atoms with van der Waals surface area (Å²) >= 11 is 0. The molecule has 5 nitrogen and oxygen atoms in total. The maximum Gasteiger partial charge on any atom is 0.573 e. The van der Waals surface area contributed by atoms with Gasteiger partial charge < -0.3 is 20.7 Å². The van der Waals surface area contributed by atoms with Crippen molar-refractivity contribution in [3.63, 3.8) is 0 Å². The van der Waals surface area contributed by atoms with Gasteiger partial charge in [-0.05, 0) is 29.8 Å². The lowest BCUT2D eigenvalue weighted by Crippen LogP contribution is -2.24. The smallest absolute Gasteiger partial charge is 0.404 e. The van der Waals surface area contributed by atoms with E-state index in [0.29, 0.717) is 6.54 Å². The number of nitrogens with two attached hydrogens (primary N) is 1. The van der Waals surface area contributed by atoms with Gasteiger partial charge in [-0.3, -0.25) is 0 Å². The number of hydrogen-bond acceptors (Lipinski definition) is 3. The van der Waals surface area contributed by atoms with E-state index >= 15 is 0 Å². The molecule has 3 rings (SSSR count). The van der Waals surface area contributed by atoms with Gasteiger partial charge in [0.1, 0.15) is 0 Å². The molecule has 1 heterocycles. The molecule has 150 valence electrons. The predicted octanol–water partition coefficient (Wildman–Crippen LogP) is 4.51. The molecule has 0 aliphatic carbocycles. The molecule has 0 unspecified atom stereocenters. The van der Waals surface area contributed by atoms with Crippen molar-refractivity contribution in [1.82, 2.24) is 0 Å². The average molecular weight is 504 g/mol. The van der Waals surface area contributed by atoms with Crippen LogP contribution in [0, 0.1) is 0 Å². The fourth-order valence-electron chi connectivity index (χ4n) is 2.68. The molecular formula is C19H20F3IN4O. The Labute approximate surface area is 178 Å². The van der Waals surface area contributed by atoms with Crippen LogP contribution in [0.15, 0.2) is 65.7 Å². The van der Waals surface area contributed by atoms with Gasteiger partial charge in [-0.1, -0.05) is 36.4 Å². The number of para-hydroxylation sites is 2. The van der Waals surface area contributed by atoms with Crippen molar-refractivity contribution in [1.29, 1.82) is 0 Å². The zero-order valence-electron chi connectivity index (χ0n) is 14.8. The van der Waals surface area contributed by atoms with E-state index < -0.39 is 6.36 Å². The molecule has 0 atom stereocenters. The highest BCUT2D eigenvalue weighted by Gasteiger charge is 2.32. The Morgan fingerprint density at radius 2 is 1.82 bits per heavy atom. The van der Waals surface area contributed by atoms with E-state index in [9.17, 15) is 13.2 Å². The van der Waals surface area contributed by atoms with Crippen LogP contribution in [0.5, 0.6) is 5.75 Å². The fraction of sp³-hybridized carbons (Fsp3) is 0.211. The van der Waals surface area contributed by atoms with Crippen LogP contribution < -0.4 is 20.7 Å². The van der Waals surface area contributed by atoms with Crippen molar-refractivity contribution < 1.29 is 17.9 Å². The molecule has 0 saturated carbocycles. The van der Waals surface area contributed by atoms with Gasteiger partial charge >= 0.3 is 6.36 Å². The van der Waals surface area contributed by atoms with Crippen LogP contribution in [-0.4, -0.2) is 25.4 Å². The van der Waals surface area contributed by atoms with Crippen LogP contribution in [0.3, 0.4) is 0 Å². The number of guanidine groups is 1. The summed E-state index contributed by atoms with van der Waals surface area (Å²) in [5.74, 6) is -0.367. The lowest BCUT2D eigenvalue weighted by molar-refractivity contribution is -0.274. The number of hydrogen-bond donors (Lipinski definition) is 2. The predicted molar refractivity (Wildman–Crippen MR) is 115 cm³/mol. The molecule has 0 amide bonds. The first kappa shape index (κ1) is 21.9. The molecule has 0 fully saturated rings. The minimum Gasteiger partial charge on any atom is -0.404 e. The fourth-order valence-corrected chi connectivity index (χ4v) is 2.68. The Bertz CT molecular complexity index is 847. The van der Waals surface area contributed by atoms with Gasteiger partial charge in [0.15, 0.2) is 11.7 Å². The second kappa shape index (κ2) is 9.67. The summed E-state index contributed by atoms with van der Waals surface area (Å²) in [6.45, 7) is 2.04. The van der Waals surface area contributed by atoms with E-state index in [4.69, 9.17) is 5.73 Å². The normalized spacial score (nSPS) is 14.0. The largest absolute Gasteiger partial charge is 0.573 e. The van der Waals surface area contributed by atoms with Crippen LogP contribution in [0.1, 0.15) is 5.56 Å². The first-order valence-electron chi connectivity index (χ1n) is 8.31. The summed E-state index contributed by atoms with van der Waals surface area (Å²) in [7, 11) is 0. The SMILES string of the molecule is I.NC(=NCc1cccc(N2CC=CC2)c1)Nc1ccccc1OC(F)(F)F. The summed E-state index contributed by atoms with van der Waals surface area (Å²) in [6, 6.07) is 13.6. The molecule has 1 aliphatic heterocycles. The number of halogens is 4. The standard InChI is InChI=1S/C19H19F3N4O.HI/c20-19(21,22)27-17-9-2-1-8-16(17)25-18(23)24-13-14-6-5-7-15(12-14)26-10-3-4-11-26;/h1-9,12H,10-11,13H2,(H3,23,24,25);1H. The molecule has 2 aromatic carbocycles. The first-order chi connectivity index (χ1) is 12.9. The van der Waals surface area contributed by atoms with E-state index in [1.54, 1.807) is 6.07 Å². The molecule has 1 aliphatic rings. The topological polar surface area (TPSA) is 62.9 Å². The third-order valence-corrected chi connectivity index (χ3v) is 3.90. The molecule has 3 N–H and O–H groups in total. The minimum absolute atomic E-state index is 0. The van der Waals surface area contributed by atoms with Crippen LogP contribution in [0.4, 0.5) is 24.5 Å². The molecule has 2 aromatic rings. The zero-order chi connectivity index (χ0) is 19.3. The highest BCUT2D eigenvalue weighted by Crippen LogP contribution is 2.29. The molecule has 0 spiro atoms. The van der Waals surface area contributed by atoms with Gasteiger partial charge in [0.05, 0.1) is 12.2 Å². The number of rotatable bonds is 5. The van der Waals surface area contributed by atoms with Gasteiger partial charge in [0, 0.05) is 18.8 Å². The number of anilines is 2. The minimum atomic E-state index is -4.78. The number of nitrogens with zero attached hydrogens (tertiary/aromatic N) is 2. The first-order valence-corrected chi connectivity index (χ1v) is 8.31. The van der Waals surface area contributed by atoms with E-state index in [0.717, 1.165) is 24.3 Å².